The van der Waals surface area contributed by atoms with E-state index in [-0.39, 0.29) is 11.9 Å². The fraction of sp³-hybridized carbons (Fsp3) is 0.765. The lowest BCUT2D eigenvalue weighted by Gasteiger charge is -2.42. The largest absolute Gasteiger partial charge is 0.337 e. The molecule has 23 heavy (non-hydrogen) atoms. The first-order chi connectivity index (χ1) is 11.1. The lowest BCUT2D eigenvalue weighted by Crippen LogP contribution is -2.54. The Morgan fingerprint density at radius 1 is 1.35 bits per heavy atom. The van der Waals surface area contributed by atoms with Gasteiger partial charge in [-0.3, -0.25) is 9.69 Å². The van der Waals surface area contributed by atoms with Crippen molar-refractivity contribution < 1.29 is 4.79 Å². The van der Waals surface area contributed by atoms with Crippen molar-refractivity contribution in [3.05, 3.63) is 18.2 Å². The average Bonchev–Trinajstić information content (AvgIpc) is 2.93. The van der Waals surface area contributed by atoms with Crippen molar-refractivity contribution in [2.24, 2.45) is 7.05 Å². The predicted octanol–water partition coefficient (Wildman–Crippen LogP) is 1.16. The number of aromatic nitrogens is 2. The Hall–Kier alpha value is -1.40. The van der Waals surface area contributed by atoms with Crippen LogP contribution in [-0.2, 0) is 11.8 Å². The van der Waals surface area contributed by atoms with E-state index in [9.17, 15) is 4.79 Å². The third-order valence-electron chi connectivity index (χ3n) is 5.33. The van der Waals surface area contributed by atoms with E-state index in [1.54, 1.807) is 0 Å². The first-order valence-electron chi connectivity index (χ1n) is 8.81. The number of rotatable bonds is 3. The number of nitrogens with one attached hydrogen (secondary N) is 1. The highest BCUT2D eigenvalue weighted by Crippen LogP contribution is 2.25. The minimum absolute atomic E-state index is 0.170. The fourth-order valence-electron chi connectivity index (χ4n) is 4.06. The van der Waals surface area contributed by atoms with E-state index < -0.39 is 0 Å². The molecule has 2 aliphatic rings. The zero-order valence-electron chi connectivity index (χ0n) is 14.5. The van der Waals surface area contributed by atoms with E-state index in [1.165, 1.54) is 6.42 Å². The zero-order valence-corrected chi connectivity index (χ0v) is 14.5. The van der Waals surface area contributed by atoms with Crippen LogP contribution in [0.5, 0.6) is 0 Å². The van der Waals surface area contributed by atoms with Crippen molar-refractivity contribution >= 4 is 5.91 Å². The summed E-state index contributed by atoms with van der Waals surface area (Å²) in [6.45, 7) is 7.53. The van der Waals surface area contributed by atoms with E-state index in [0.717, 1.165) is 38.3 Å². The molecule has 1 aromatic heterocycles. The molecule has 2 fully saturated rings. The van der Waals surface area contributed by atoms with Crippen molar-refractivity contribution in [2.45, 2.75) is 51.2 Å². The molecule has 6 nitrogen and oxygen atoms in total. The van der Waals surface area contributed by atoms with Crippen LogP contribution in [0.1, 0.15) is 45.0 Å². The highest BCUT2D eigenvalue weighted by molar-refractivity contribution is 5.79. The first-order valence-corrected chi connectivity index (χ1v) is 8.81. The van der Waals surface area contributed by atoms with Crippen molar-refractivity contribution in [3.8, 4) is 0 Å². The number of carbonyl (C=O) groups is 1. The molecule has 2 aliphatic heterocycles. The summed E-state index contributed by atoms with van der Waals surface area (Å²) in [6.07, 6.45) is 7.29. The summed E-state index contributed by atoms with van der Waals surface area (Å²) in [4.78, 5) is 21.8. The Balaban J connectivity index is 1.71. The number of piperidine rings is 1. The molecule has 3 atom stereocenters. The maximum absolute atomic E-state index is 12.9. The molecular formula is C17H29N5O. The molecule has 0 saturated carbocycles. The van der Waals surface area contributed by atoms with Gasteiger partial charge in [-0.2, -0.15) is 0 Å². The molecular weight excluding hydrogens is 290 g/mol. The molecule has 3 rings (SSSR count). The Labute approximate surface area is 138 Å². The SMILES string of the molecule is CC1CCCC(C)N1C(=O)CN1CCNCC1c1nccn1C. The maximum Gasteiger partial charge on any atom is 0.237 e. The highest BCUT2D eigenvalue weighted by Gasteiger charge is 2.33. The summed E-state index contributed by atoms with van der Waals surface area (Å²) in [7, 11) is 2.02. The van der Waals surface area contributed by atoms with Crippen LogP contribution in [0.4, 0.5) is 0 Å². The molecule has 3 unspecified atom stereocenters. The van der Waals surface area contributed by atoms with Crippen molar-refractivity contribution in [3.63, 3.8) is 0 Å². The molecule has 0 aromatic carbocycles. The van der Waals surface area contributed by atoms with Crippen LogP contribution in [0.25, 0.3) is 0 Å². The smallest absolute Gasteiger partial charge is 0.237 e. The number of hydrogen-bond donors (Lipinski definition) is 1. The van der Waals surface area contributed by atoms with E-state index in [1.807, 2.05) is 19.4 Å². The number of nitrogens with zero attached hydrogens (tertiary/aromatic N) is 4. The summed E-state index contributed by atoms with van der Waals surface area (Å²) < 4.78 is 2.06. The molecule has 3 heterocycles. The molecule has 0 radical (unpaired) electrons. The fourth-order valence-corrected chi connectivity index (χ4v) is 4.06. The standard InChI is InChI=1S/C17H29N5O/c1-13-5-4-6-14(2)22(13)16(23)12-21-10-7-18-11-15(21)17-19-8-9-20(17)3/h8-9,13-15,18H,4-7,10-12H2,1-3H3. The maximum atomic E-state index is 12.9. The van der Waals surface area contributed by atoms with E-state index in [4.69, 9.17) is 0 Å². The average molecular weight is 319 g/mol. The van der Waals surface area contributed by atoms with Gasteiger partial charge in [0.1, 0.15) is 5.82 Å². The van der Waals surface area contributed by atoms with Crippen LogP contribution in [0.15, 0.2) is 12.4 Å². The minimum atomic E-state index is 0.170. The molecule has 6 heteroatoms. The topological polar surface area (TPSA) is 53.4 Å². The van der Waals surface area contributed by atoms with Crippen LogP contribution < -0.4 is 5.32 Å². The Morgan fingerprint density at radius 3 is 2.74 bits per heavy atom. The van der Waals surface area contributed by atoms with E-state index >= 15 is 0 Å². The number of hydrogen-bond acceptors (Lipinski definition) is 4. The minimum Gasteiger partial charge on any atom is -0.337 e. The zero-order chi connectivity index (χ0) is 16.4. The van der Waals surface area contributed by atoms with Gasteiger partial charge in [0.25, 0.3) is 0 Å². The van der Waals surface area contributed by atoms with Gasteiger partial charge in [0.2, 0.25) is 5.91 Å². The van der Waals surface area contributed by atoms with Crippen molar-refractivity contribution in [2.75, 3.05) is 26.2 Å². The van der Waals surface area contributed by atoms with Gasteiger partial charge in [0.15, 0.2) is 0 Å². The van der Waals surface area contributed by atoms with Gasteiger partial charge >= 0.3 is 0 Å². The first kappa shape index (κ1) is 16.5. The quantitative estimate of drug-likeness (QED) is 0.908. The van der Waals surface area contributed by atoms with Crippen LogP contribution >= 0.6 is 0 Å². The van der Waals surface area contributed by atoms with Gasteiger partial charge < -0.3 is 14.8 Å². The second-order valence-corrected chi connectivity index (χ2v) is 7.02. The lowest BCUT2D eigenvalue weighted by molar-refractivity contribution is -0.139. The Bertz CT molecular complexity index is 533. The van der Waals surface area contributed by atoms with Crippen LogP contribution in [0.2, 0.25) is 0 Å². The second kappa shape index (κ2) is 7.01. The van der Waals surface area contributed by atoms with Gasteiger partial charge in [-0.15, -0.1) is 0 Å². The van der Waals surface area contributed by atoms with Crippen LogP contribution in [0.3, 0.4) is 0 Å². The second-order valence-electron chi connectivity index (χ2n) is 7.02. The number of piperazine rings is 1. The summed E-state index contributed by atoms with van der Waals surface area (Å²) >= 11 is 0. The van der Waals surface area contributed by atoms with Crippen molar-refractivity contribution in [1.82, 2.24) is 24.7 Å². The molecule has 0 bridgehead atoms. The molecule has 0 aliphatic carbocycles. The lowest BCUT2D eigenvalue weighted by atomic mass is 9.97. The number of amides is 1. The number of likely N-dealkylation sites (tertiary alicyclic amines) is 1. The van der Waals surface area contributed by atoms with Gasteiger partial charge in [0, 0.05) is 51.2 Å². The Kier molecular flexibility index (Phi) is 5.02. The number of aryl methyl sites for hydroxylation is 1. The molecule has 1 N–H and O–H groups in total. The molecule has 1 aromatic rings. The van der Waals surface area contributed by atoms with E-state index in [2.05, 4.69) is 38.5 Å². The third kappa shape index (κ3) is 3.43. The summed E-state index contributed by atoms with van der Waals surface area (Å²) in [6, 6.07) is 0.893. The van der Waals surface area contributed by atoms with Crippen molar-refractivity contribution in [1.29, 1.82) is 0 Å². The monoisotopic (exact) mass is 319 g/mol. The molecule has 1 amide bonds. The molecule has 2 saturated heterocycles. The Morgan fingerprint density at radius 2 is 2.09 bits per heavy atom. The number of imidazole rings is 1. The predicted molar refractivity (Wildman–Crippen MR) is 90.0 cm³/mol. The van der Waals surface area contributed by atoms with E-state index in [0.29, 0.717) is 18.6 Å². The van der Waals surface area contributed by atoms with Crippen LogP contribution in [0, 0.1) is 0 Å². The third-order valence-corrected chi connectivity index (χ3v) is 5.33. The summed E-state index contributed by atoms with van der Waals surface area (Å²) in [5, 5.41) is 3.43. The molecule has 128 valence electrons. The molecule has 0 spiro atoms. The summed E-state index contributed by atoms with van der Waals surface area (Å²) in [5.74, 6) is 1.30. The van der Waals surface area contributed by atoms with Gasteiger partial charge in [0.05, 0.1) is 12.6 Å². The normalized spacial score (nSPS) is 29.7. The van der Waals surface area contributed by atoms with Crippen LogP contribution in [-0.4, -0.2) is 63.5 Å². The summed E-state index contributed by atoms with van der Waals surface area (Å²) in [5.41, 5.74) is 0. The highest BCUT2D eigenvalue weighted by atomic mass is 16.2. The number of carbonyl (C=O) groups excluding carboxylic acids is 1. The van der Waals surface area contributed by atoms with Gasteiger partial charge in [-0.1, -0.05) is 0 Å². The van der Waals surface area contributed by atoms with Gasteiger partial charge in [-0.25, -0.2) is 4.98 Å². The van der Waals surface area contributed by atoms with Gasteiger partial charge in [-0.05, 0) is 33.1 Å².